The lowest BCUT2D eigenvalue weighted by atomic mass is 10.1. The Hall–Kier alpha value is -1.81. The van der Waals surface area contributed by atoms with Gasteiger partial charge in [0.15, 0.2) is 5.76 Å². The van der Waals surface area contributed by atoms with Crippen molar-refractivity contribution in [2.75, 3.05) is 19.6 Å². The van der Waals surface area contributed by atoms with Gasteiger partial charge in [-0.1, -0.05) is 18.2 Å². The third-order valence-electron chi connectivity index (χ3n) is 4.05. The van der Waals surface area contributed by atoms with E-state index in [1.54, 1.807) is 0 Å². The Labute approximate surface area is 118 Å². The van der Waals surface area contributed by atoms with Crippen molar-refractivity contribution in [1.29, 1.82) is 0 Å². The molecule has 1 unspecified atom stereocenters. The summed E-state index contributed by atoms with van der Waals surface area (Å²) < 4.78 is 5.66. The molecule has 1 saturated heterocycles. The fourth-order valence-corrected chi connectivity index (χ4v) is 2.82. The van der Waals surface area contributed by atoms with Crippen molar-refractivity contribution < 1.29 is 9.21 Å². The van der Waals surface area contributed by atoms with Crippen LogP contribution in [0.15, 0.2) is 28.7 Å². The molecule has 4 heteroatoms. The third kappa shape index (κ3) is 2.56. The molecule has 106 valence electrons. The first-order chi connectivity index (χ1) is 9.75. The summed E-state index contributed by atoms with van der Waals surface area (Å²) in [5, 5.41) is 7.32. The minimum atomic E-state index is -0.107. The maximum Gasteiger partial charge on any atom is 0.287 e. The van der Waals surface area contributed by atoms with Crippen molar-refractivity contribution in [3.8, 4) is 0 Å². The second kappa shape index (κ2) is 5.67. The largest absolute Gasteiger partial charge is 0.451 e. The monoisotopic (exact) mass is 272 g/mol. The van der Waals surface area contributed by atoms with Gasteiger partial charge in [0.1, 0.15) is 5.58 Å². The number of amides is 1. The van der Waals surface area contributed by atoms with E-state index in [2.05, 4.69) is 10.6 Å². The number of hydrogen-bond acceptors (Lipinski definition) is 3. The molecule has 2 N–H and O–H groups in total. The second-order valence-electron chi connectivity index (χ2n) is 5.46. The van der Waals surface area contributed by atoms with Gasteiger partial charge in [0.05, 0.1) is 0 Å². The molecule has 2 aromatic rings. The minimum Gasteiger partial charge on any atom is -0.451 e. The molecule has 1 fully saturated rings. The Bertz CT molecular complexity index is 612. The van der Waals surface area contributed by atoms with Crippen molar-refractivity contribution in [2.45, 2.75) is 19.8 Å². The molecule has 2 heterocycles. The molecule has 0 bridgehead atoms. The first-order valence-corrected chi connectivity index (χ1v) is 7.23. The van der Waals surface area contributed by atoms with E-state index in [-0.39, 0.29) is 5.91 Å². The standard InChI is InChI=1S/C16H20N2O2/c1-11-13-4-2-3-5-14(13)20-15(11)16(19)18-9-7-12-6-8-17-10-12/h2-5,12,17H,6-10H2,1H3,(H,18,19). The first-order valence-electron chi connectivity index (χ1n) is 7.23. The van der Waals surface area contributed by atoms with Crippen LogP contribution in [0.2, 0.25) is 0 Å². The van der Waals surface area contributed by atoms with Gasteiger partial charge in [-0.2, -0.15) is 0 Å². The Morgan fingerprint density at radius 2 is 2.30 bits per heavy atom. The zero-order chi connectivity index (χ0) is 13.9. The molecular weight excluding hydrogens is 252 g/mol. The van der Waals surface area contributed by atoms with Crippen LogP contribution in [-0.2, 0) is 0 Å². The Balaban J connectivity index is 1.64. The fourth-order valence-electron chi connectivity index (χ4n) is 2.82. The average Bonchev–Trinajstić information content (AvgIpc) is 3.08. The number of rotatable bonds is 4. The van der Waals surface area contributed by atoms with E-state index < -0.39 is 0 Å². The number of carbonyl (C=O) groups excluding carboxylic acids is 1. The molecule has 1 aliphatic heterocycles. The molecule has 0 spiro atoms. The highest BCUT2D eigenvalue weighted by atomic mass is 16.3. The predicted octanol–water partition coefficient (Wildman–Crippen LogP) is 2.47. The molecule has 1 aliphatic rings. The summed E-state index contributed by atoms with van der Waals surface area (Å²) in [5.74, 6) is 1.02. The summed E-state index contributed by atoms with van der Waals surface area (Å²) in [5.41, 5.74) is 1.69. The molecule has 1 atom stereocenters. The quantitative estimate of drug-likeness (QED) is 0.899. The SMILES string of the molecule is Cc1c(C(=O)NCCC2CCNC2)oc2ccccc12. The van der Waals surface area contributed by atoms with Gasteiger partial charge < -0.3 is 15.1 Å². The van der Waals surface area contributed by atoms with E-state index in [9.17, 15) is 4.79 Å². The lowest BCUT2D eigenvalue weighted by molar-refractivity contribution is 0.0925. The molecule has 1 amide bonds. The van der Waals surface area contributed by atoms with Crippen LogP contribution in [0.5, 0.6) is 0 Å². The topological polar surface area (TPSA) is 54.3 Å². The molecule has 4 nitrogen and oxygen atoms in total. The first kappa shape index (κ1) is 13.2. The lowest BCUT2D eigenvalue weighted by Gasteiger charge is -2.08. The average molecular weight is 272 g/mol. The summed E-state index contributed by atoms with van der Waals surface area (Å²) in [6.07, 6.45) is 2.23. The van der Waals surface area contributed by atoms with Crippen LogP contribution in [0.25, 0.3) is 11.0 Å². The van der Waals surface area contributed by atoms with Crippen molar-refractivity contribution in [2.24, 2.45) is 5.92 Å². The van der Waals surface area contributed by atoms with Crippen molar-refractivity contribution in [3.05, 3.63) is 35.6 Å². The van der Waals surface area contributed by atoms with Gasteiger partial charge >= 0.3 is 0 Å². The van der Waals surface area contributed by atoms with Crippen LogP contribution in [-0.4, -0.2) is 25.5 Å². The molecule has 20 heavy (non-hydrogen) atoms. The van der Waals surface area contributed by atoms with Crippen LogP contribution in [0.4, 0.5) is 0 Å². The number of nitrogens with one attached hydrogen (secondary N) is 2. The van der Waals surface area contributed by atoms with Crippen molar-refractivity contribution in [1.82, 2.24) is 10.6 Å². The van der Waals surface area contributed by atoms with Gasteiger partial charge in [-0.3, -0.25) is 4.79 Å². The van der Waals surface area contributed by atoms with E-state index in [1.165, 1.54) is 6.42 Å². The van der Waals surface area contributed by atoms with Gasteiger partial charge in [-0.05, 0) is 44.8 Å². The second-order valence-corrected chi connectivity index (χ2v) is 5.46. The summed E-state index contributed by atoms with van der Waals surface area (Å²) >= 11 is 0. The maximum absolute atomic E-state index is 12.2. The van der Waals surface area contributed by atoms with E-state index in [1.807, 2.05) is 31.2 Å². The summed E-state index contributed by atoms with van der Waals surface area (Å²) in [6, 6.07) is 7.75. The fraction of sp³-hybridized carbons (Fsp3) is 0.438. The van der Waals surface area contributed by atoms with Gasteiger partial charge in [-0.15, -0.1) is 0 Å². The van der Waals surface area contributed by atoms with E-state index in [4.69, 9.17) is 4.42 Å². The van der Waals surface area contributed by atoms with E-state index in [0.717, 1.165) is 36.0 Å². The molecule has 0 saturated carbocycles. The van der Waals surface area contributed by atoms with Gasteiger partial charge in [0.25, 0.3) is 5.91 Å². The Morgan fingerprint density at radius 1 is 1.45 bits per heavy atom. The van der Waals surface area contributed by atoms with Crippen LogP contribution < -0.4 is 10.6 Å². The summed E-state index contributed by atoms with van der Waals surface area (Å²) in [7, 11) is 0. The van der Waals surface area contributed by atoms with E-state index >= 15 is 0 Å². The molecule has 0 aliphatic carbocycles. The van der Waals surface area contributed by atoms with Crippen LogP contribution in [0.3, 0.4) is 0 Å². The molecular formula is C16H20N2O2. The minimum absolute atomic E-state index is 0.107. The normalized spacial score (nSPS) is 18.6. The zero-order valence-electron chi connectivity index (χ0n) is 11.7. The van der Waals surface area contributed by atoms with E-state index in [0.29, 0.717) is 18.2 Å². The number of para-hydroxylation sites is 1. The molecule has 1 aromatic heterocycles. The Morgan fingerprint density at radius 3 is 3.05 bits per heavy atom. The molecule has 0 radical (unpaired) electrons. The Kier molecular flexibility index (Phi) is 3.74. The van der Waals surface area contributed by atoms with Crippen LogP contribution in [0, 0.1) is 12.8 Å². The van der Waals surface area contributed by atoms with Gasteiger partial charge in [0.2, 0.25) is 0 Å². The maximum atomic E-state index is 12.2. The zero-order valence-corrected chi connectivity index (χ0v) is 11.7. The highest BCUT2D eigenvalue weighted by Gasteiger charge is 2.18. The lowest BCUT2D eigenvalue weighted by Crippen LogP contribution is -2.26. The smallest absolute Gasteiger partial charge is 0.287 e. The molecule has 3 rings (SSSR count). The number of benzene rings is 1. The third-order valence-corrected chi connectivity index (χ3v) is 4.05. The summed E-state index contributed by atoms with van der Waals surface area (Å²) in [4.78, 5) is 12.2. The number of aryl methyl sites for hydroxylation is 1. The van der Waals surface area contributed by atoms with Gasteiger partial charge in [0, 0.05) is 17.5 Å². The number of carbonyl (C=O) groups is 1. The highest BCUT2D eigenvalue weighted by molar-refractivity contribution is 5.98. The van der Waals surface area contributed by atoms with Crippen LogP contribution in [0.1, 0.15) is 29.0 Å². The number of furan rings is 1. The van der Waals surface area contributed by atoms with Crippen molar-refractivity contribution in [3.63, 3.8) is 0 Å². The number of hydrogen-bond donors (Lipinski definition) is 2. The summed E-state index contributed by atoms with van der Waals surface area (Å²) in [6.45, 7) is 4.81. The van der Waals surface area contributed by atoms with Gasteiger partial charge in [-0.25, -0.2) is 0 Å². The number of fused-ring (bicyclic) bond motifs is 1. The van der Waals surface area contributed by atoms with Crippen LogP contribution >= 0.6 is 0 Å². The highest BCUT2D eigenvalue weighted by Crippen LogP contribution is 2.24. The molecule has 1 aromatic carbocycles. The predicted molar refractivity (Wildman–Crippen MR) is 78.9 cm³/mol. The van der Waals surface area contributed by atoms with Crippen molar-refractivity contribution >= 4 is 16.9 Å².